The third-order valence-corrected chi connectivity index (χ3v) is 4.07. The Morgan fingerprint density at radius 1 is 1.26 bits per heavy atom. The van der Waals surface area contributed by atoms with E-state index in [0.717, 1.165) is 24.8 Å². The minimum atomic E-state index is -0.856. The number of carboxylic acid groups (broad SMARTS) is 1. The largest absolute Gasteiger partial charge is 0.481 e. The highest BCUT2D eigenvalue weighted by atomic mass is 19.1. The highest BCUT2D eigenvalue weighted by molar-refractivity contribution is 5.84. The molecule has 0 bridgehead atoms. The van der Waals surface area contributed by atoms with Crippen molar-refractivity contribution in [2.75, 3.05) is 19.0 Å². The maximum absolute atomic E-state index is 13.4. The van der Waals surface area contributed by atoms with Gasteiger partial charge in [0.2, 0.25) is 0 Å². The molecule has 1 N–H and O–H groups in total. The lowest BCUT2D eigenvalue weighted by molar-refractivity contribution is -0.145. The summed E-state index contributed by atoms with van der Waals surface area (Å²) in [5, 5.41) is 9.71. The molecule has 0 heterocycles. The first-order valence-electron chi connectivity index (χ1n) is 6.68. The molecular formula is C15H20FNO2. The molecule has 1 aliphatic rings. The van der Waals surface area contributed by atoms with Crippen LogP contribution in [-0.4, -0.2) is 25.2 Å². The quantitative estimate of drug-likeness (QED) is 0.912. The Morgan fingerprint density at radius 2 is 1.89 bits per heavy atom. The molecule has 1 saturated carbocycles. The van der Waals surface area contributed by atoms with Crippen LogP contribution in [0.25, 0.3) is 0 Å². The molecule has 19 heavy (non-hydrogen) atoms. The van der Waals surface area contributed by atoms with Crippen LogP contribution in [0.1, 0.15) is 37.7 Å². The first-order valence-corrected chi connectivity index (χ1v) is 6.68. The molecule has 0 aliphatic heterocycles. The lowest BCUT2D eigenvalue weighted by Crippen LogP contribution is -2.39. The molecule has 2 rings (SSSR count). The standard InChI is InChI=1S/C15H20FNO2/c1-17(2)13-10-11(16)6-7-12(13)15(14(18)19)8-4-3-5-9-15/h6-7,10H,3-5,8-9H2,1-2H3,(H,18,19). The summed E-state index contributed by atoms with van der Waals surface area (Å²) in [6.45, 7) is 0. The summed E-state index contributed by atoms with van der Waals surface area (Å²) in [5.41, 5.74) is 0.557. The van der Waals surface area contributed by atoms with E-state index in [1.165, 1.54) is 12.1 Å². The van der Waals surface area contributed by atoms with Gasteiger partial charge >= 0.3 is 5.97 Å². The number of anilines is 1. The van der Waals surface area contributed by atoms with Gasteiger partial charge in [0.15, 0.2) is 0 Å². The first kappa shape index (κ1) is 13.8. The molecule has 0 unspecified atom stereocenters. The van der Waals surface area contributed by atoms with Gasteiger partial charge in [-0.2, -0.15) is 0 Å². The van der Waals surface area contributed by atoms with Crippen LogP contribution >= 0.6 is 0 Å². The van der Waals surface area contributed by atoms with Gasteiger partial charge in [0.05, 0.1) is 5.41 Å². The van der Waals surface area contributed by atoms with Gasteiger partial charge in [-0.1, -0.05) is 25.3 Å². The molecule has 1 fully saturated rings. The number of carbonyl (C=O) groups is 1. The molecular weight excluding hydrogens is 245 g/mol. The lowest BCUT2D eigenvalue weighted by atomic mass is 9.69. The molecule has 1 aromatic carbocycles. The van der Waals surface area contributed by atoms with E-state index in [-0.39, 0.29) is 5.82 Å². The lowest BCUT2D eigenvalue weighted by Gasteiger charge is -2.36. The second kappa shape index (κ2) is 5.19. The van der Waals surface area contributed by atoms with Crippen molar-refractivity contribution >= 4 is 11.7 Å². The van der Waals surface area contributed by atoms with Crippen molar-refractivity contribution in [1.29, 1.82) is 0 Å². The van der Waals surface area contributed by atoms with E-state index in [4.69, 9.17) is 0 Å². The van der Waals surface area contributed by atoms with Gasteiger partial charge in [0.1, 0.15) is 5.82 Å². The summed E-state index contributed by atoms with van der Waals surface area (Å²) in [5.74, 6) is -1.12. The number of benzene rings is 1. The molecule has 1 aliphatic carbocycles. The predicted molar refractivity (Wildman–Crippen MR) is 73.1 cm³/mol. The minimum Gasteiger partial charge on any atom is -0.481 e. The van der Waals surface area contributed by atoms with Gasteiger partial charge in [0.25, 0.3) is 0 Å². The van der Waals surface area contributed by atoms with Gasteiger partial charge < -0.3 is 10.0 Å². The smallest absolute Gasteiger partial charge is 0.314 e. The Kier molecular flexibility index (Phi) is 3.78. The van der Waals surface area contributed by atoms with Crippen LogP contribution in [0.15, 0.2) is 18.2 Å². The second-order valence-corrected chi connectivity index (χ2v) is 5.50. The van der Waals surface area contributed by atoms with Crippen LogP contribution < -0.4 is 4.90 Å². The summed E-state index contributed by atoms with van der Waals surface area (Å²) < 4.78 is 13.4. The monoisotopic (exact) mass is 265 g/mol. The zero-order valence-electron chi connectivity index (χ0n) is 11.4. The SMILES string of the molecule is CN(C)c1cc(F)ccc1C1(C(=O)O)CCCCC1. The Labute approximate surface area is 113 Å². The van der Waals surface area contributed by atoms with Crippen molar-refractivity contribution < 1.29 is 14.3 Å². The van der Waals surface area contributed by atoms with E-state index in [9.17, 15) is 14.3 Å². The number of hydrogen-bond donors (Lipinski definition) is 1. The Hall–Kier alpha value is -1.58. The first-order chi connectivity index (χ1) is 8.97. The highest BCUT2D eigenvalue weighted by Gasteiger charge is 2.43. The number of aliphatic carboxylic acids is 1. The zero-order chi connectivity index (χ0) is 14.0. The third-order valence-electron chi connectivity index (χ3n) is 4.07. The fourth-order valence-electron chi connectivity index (χ4n) is 3.03. The number of carboxylic acids is 1. The van der Waals surface area contributed by atoms with E-state index in [2.05, 4.69) is 0 Å². The fraction of sp³-hybridized carbons (Fsp3) is 0.533. The molecule has 0 spiro atoms. The Bertz CT molecular complexity index is 479. The van der Waals surface area contributed by atoms with Gasteiger partial charge in [-0.05, 0) is 30.5 Å². The van der Waals surface area contributed by atoms with Crippen LogP contribution in [-0.2, 0) is 10.2 Å². The van der Waals surface area contributed by atoms with E-state index in [0.29, 0.717) is 18.5 Å². The van der Waals surface area contributed by atoms with Crippen LogP contribution in [0.4, 0.5) is 10.1 Å². The zero-order valence-corrected chi connectivity index (χ0v) is 11.4. The van der Waals surface area contributed by atoms with Crippen molar-refractivity contribution in [3.8, 4) is 0 Å². The molecule has 0 radical (unpaired) electrons. The molecule has 0 amide bonds. The molecule has 4 heteroatoms. The molecule has 104 valence electrons. The number of halogens is 1. The van der Waals surface area contributed by atoms with Gasteiger partial charge in [-0.3, -0.25) is 4.79 Å². The average Bonchev–Trinajstić information content (AvgIpc) is 2.39. The third kappa shape index (κ3) is 2.44. The van der Waals surface area contributed by atoms with Crippen LogP contribution in [0.2, 0.25) is 0 Å². The second-order valence-electron chi connectivity index (χ2n) is 5.50. The van der Waals surface area contributed by atoms with Gasteiger partial charge in [-0.15, -0.1) is 0 Å². The van der Waals surface area contributed by atoms with Crippen molar-refractivity contribution in [3.05, 3.63) is 29.6 Å². The average molecular weight is 265 g/mol. The Balaban J connectivity index is 2.56. The minimum absolute atomic E-state index is 0.330. The van der Waals surface area contributed by atoms with Crippen molar-refractivity contribution in [2.24, 2.45) is 0 Å². The van der Waals surface area contributed by atoms with E-state index >= 15 is 0 Å². The molecule has 0 atom stereocenters. The van der Waals surface area contributed by atoms with E-state index in [1.54, 1.807) is 11.0 Å². The Morgan fingerprint density at radius 3 is 2.42 bits per heavy atom. The summed E-state index contributed by atoms with van der Waals surface area (Å²) in [7, 11) is 3.63. The van der Waals surface area contributed by atoms with Crippen LogP contribution in [0.3, 0.4) is 0 Å². The number of rotatable bonds is 3. The van der Waals surface area contributed by atoms with E-state index < -0.39 is 11.4 Å². The highest BCUT2D eigenvalue weighted by Crippen LogP contribution is 2.43. The maximum atomic E-state index is 13.4. The summed E-state index contributed by atoms with van der Waals surface area (Å²) in [4.78, 5) is 13.6. The van der Waals surface area contributed by atoms with Crippen LogP contribution in [0.5, 0.6) is 0 Å². The molecule has 3 nitrogen and oxygen atoms in total. The molecule has 0 aromatic heterocycles. The summed E-state index contributed by atoms with van der Waals surface area (Å²) in [6, 6.07) is 4.43. The van der Waals surface area contributed by atoms with Crippen LogP contribution in [0, 0.1) is 5.82 Å². The van der Waals surface area contributed by atoms with Gasteiger partial charge in [-0.25, -0.2) is 4.39 Å². The molecule has 0 saturated heterocycles. The predicted octanol–water partition coefficient (Wildman–Crippen LogP) is 3.18. The molecule has 1 aromatic rings. The summed E-state index contributed by atoms with van der Waals surface area (Å²) >= 11 is 0. The number of nitrogens with zero attached hydrogens (tertiary/aromatic N) is 1. The van der Waals surface area contributed by atoms with Crippen molar-refractivity contribution in [2.45, 2.75) is 37.5 Å². The topological polar surface area (TPSA) is 40.5 Å². The normalized spacial score (nSPS) is 18.1. The summed E-state index contributed by atoms with van der Waals surface area (Å²) in [6.07, 6.45) is 4.17. The van der Waals surface area contributed by atoms with Crippen molar-refractivity contribution in [3.63, 3.8) is 0 Å². The van der Waals surface area contributed by atoms with Gasteiger partial charge in [0, 0.05) is 19.8 Å². The maximum Gasteiger partial charge on any atom is 0.314 e. The van der Waals surface area contributed by atoms with E-state index in [1.807, 2.05) is 14.1 Å². The fourth-order valence-corrected chi connectivity index (χ4v) is 3.03. The van der Waals surface area contributed by atoms with Crippen molar-refractivity contribution in [1.82, 2.24) is 0 Å². The number of hydrogen-bond acceptors (Lipinski definition) is 2.